The number of esters is 3. The number of unbranched alkanes of at least 4 members (excludes halogenated alkanes) is 30. The van der Waals surface area contributed by atoms with Crippen molar-refractivity contribution in [1.82, 2.24) is 0 Å². The third-order valence-electron chi connectivity index (χ3n) is 14.0. The fraction of sp³-hybridized carbons (Fsp3) is 0.708. The molecular weight excluding hydrogens is 961 g/mol. The van der Waals surface area contributed by atoms with E-state index in [1.54, 1.807) is 0 Å². The monoisotopic (exact) mass is 1080 g/mol. The minimum Gasteiger partial charge on any atom is -0.462 e. The summed E-state index contributed by atoms with van der Waals surface area (Å²) in [5.41, 5.74) is 0. The smallest absolute Gasteiger partial charge is 0.306 e. The van der Waals surface area contributed by atoms with E-state index in [9.17, 15) is 14.4 Å². The molecule has 0 aromatic heterocycles. The summed E-state index contributed by atoms with van der Waals surface area (Å²) in [7, 11) is 0. The highest BCUT2D eigenvalue weighted by molar-refractivity contribution is 5.71. The summed E-state index contributed by atoms with van der Waals surface area (Å²) in [6.45, 7) is 6.48. The lowest BCUT2D eigenvalue weighted by molar-refractivity contribution is -0.167. The summed E-state index contributed by atoms with van der Waals surface area (Å²) < 4.78 is 16.8. The maximum absolute atomic E-state index is 12.8. The van der Waals surface area contributed by atoms with Crippen molar-refractivity contribution in [2.75, 3.05) is 13.2 Å². The standard InChI is InChI=1S/C72H122O6/c1-4-7-10-13-16-18-20-22-24-26-28-29-30-31-32-33-34-35-36-37-38-39-40-41-42-43-44-46-47-49-51-53-56-59-62-65-71(74)77-68-69(67-76-70(73)64-61-58-55-15-12-9-6-3)78-72(75)66-63-60-57-54-52-50-48-45-27-25-23-21-19-17-14-11-8-5-2/h7,10,16,18-19,21-22,24-25,27-29,31-32,34-35,37-38,69H,4-6,8-9,11-15,17,20,23,26,30,33,36,39-68H2,1-3H3/b10-7-,18-16-,21-19-,24-22-,27-25-,29-28-,32-31-,35-34-,38-37-. The van der Waals surface area contributed by atoms with Gasteiger partial charge in [0.05, 0.1) is 0 Å². The SMILES string of the molecule is CC/C=C\C/C=C\C/C=C\C/C=C\C/C=C\C/C=C\C/C=C\CCCCCCCCCCCCCCCC(=O)OCC(COC(=O)CCCCCCCCC)OC(=O)CCCCCCCCC/C=C\C/C=C\CCCCCC. The molecule has 0 amide bonds. The molecule has 1 unspecified atom stereocenters. The predicted octanol–water partition coefficient (Wildman–Crippen LogP) is 22.6. The number of carbonyl (C=O) groups is 3. The molecule has 0 saturated heterocycles. The molecule has 0 N–H and O–H groups in total. The van der Waals surface area contributed by atoms with Crippen LogP contribution in [-0.2, 0) is 28.6 Å². The van der Waals surface area contributed by atoms with Gasteiger partial charge in [-0.25, -0.2) is 0 Å². The van der Waals surface area contributed by atoms with Crippen molar-refractivity contribution in [1.29, 1.82) is 0 Å². The molecule has 0 aliphatic carbocycles. The average Bonchev–Trinajstić information content (AvgIpc) is 3.44. The molecule has 446 valence electrons. The Hall–Kier alpha value is -3.93. The van der Waals surface area contributed by atoms with Crippen LogP contribution in [0.2, 0.25) is 0 Å². The molecule has 0 aliphatic heterocycles. The maximum Gasteiger partial charge on any atom is 0.306 e. The zero-order valence-electron chi connectivity index (χ0n) is 51.2. The quantitative estimate of drug-likeness (QED) is 0.0261. The largest absolute Gasteiger partial charge is 0.462 e. The minimum absolute atomic E-state index is 0.0789. The van der Waals surface area contributed by atoms with Gasteiger partial charge in [0.2, 0.25) is 0 Å². The molecule has 6 heteroatoms. The molecule has 0 rings (SSSR count). The second kappa shape index (κ2) is 65.6. The van der Waals surface area contributed by atoms with Crippen LogP contribution in [-0.4, -0.2) is 37.2 Å². The lowest BCUT2D eigenvalue weighted by Gasteiger charge is -2.18. The van der Waals surface area contributed by atoms with Gasteiger partial charge in [0.25, 0.3) is 0 Å². The van der Waals surface area contributed by atoms with Crippen molar-refractivity contribution >= 4 is 17.9 Å². The van der Waals surface area contributed by atoms with Crippen LogP contribution in [0.3, 0.4) is 0 Å². The molecule has 0 fully saturated rings. The lowest BCUT2D eigenvalue weighted by Crippen LogP contribution is -2.30. The maximum atomic E-state index is 12.8. The lowest BCUT2D eigenvalue weighted by atomic mass is 10.0. The minimum atomic E-state index is -0.780. The number of rotatable bonds is 59. The normalized spacial score (nSPS) is 12.8. The summed E-state index contributed by atoms with van der Waals surface area (Å²) in [4.78, 5) is 38.1. The van der Waals surface area contributed by atoms with Crippen molar-refractivity contribution in [3.8, 4) is 0 Å². The fourth-order valence-corrected chi connectivity index (χ4v) is 9.10. The first kappa shape index (κ1) is 74.1. The van der Waals surface area contributed by atoms with E-state index >= 15 is 0 Å². The van der Waals surface area contributed by atoms with E-state index in [1.165, 1.54) is 154 Å². The highest BCUT2D eigenvalue weighted by Gasteiger charge is 2.19. The van der Waals surface area contributed by atoms with E-state index in [1.807, 2.05) is 0 Å². The molecule has 78 heavy (non-hydrogen) atoms. The van der Waals surface area contributed by atoms with Gasteiger partial charge < -0.3 is 14.2 Å². The van der Waals surface area contributed by atoms with Crippen molar-refractivity contribution < 1.29 is 28.6 Å². The van der Waals surface area contributed by atoms with Crippen molar-refractivity contribution in [2.24, 2.45) is 0 Å². The van der Waals surface area contributed by atoms with Gasteiger partial charge >= 0.3 is 17.9 Å². The van der Waals surface area contributed by atoms with Gasteiger partial charge in [-0.3, -0.25) is 14.4 Å². The average molecular weight is 1080 g/mol. The van der Waals surface area contributed by atoms with Gasteiger partial charge in [0, 0.05) is 19.3 Å². The Morgan fingerprint density at radius 2 is 0.500 bits per heavy atom. The van der Waals surface area contributed by atoms with Crippen molar-refractivity contribution in [3.05, 3.63) is 109 Å². The molecule has 0 aromatic rings. The molecule has 0 aliphatic rings. The van der Waals surface area contributed by atoms with Crippen LogP contribution in [0.5, 0.6) is 0 Å². The Labute approximate surface area is 482 Å². The van der Waals surface area contributed by atoms with Crippen LogP contribution in [0.4, 0.5) is 0 Å². The number of hydrogen-bond donors (Lipinski definition) is 0. The zero-order valence-corrected chi connectivity index (χ0v) is 51.2. The Bertz CT molecular complexity index is 1570. The molecule has 6 nitrogen and oxygen atoms in total. The summed E-state index contributed by atoms with van der Waals surface area (Å²) in [5.74, 6) is -0.887. The van der Waals surface area contributed by atoms with E-state index in [-0.39, 0.29) is 31.1 Å². The molecule has 0 heterocycles. The van der Waals surface area contributed by atoms with Crippen LogP contribution in [0, 0.1) is 0 Å². The summed E-state index contributed by atoms with van der Waals surface area (Å²) in [6, 6.07) is 0. The van der Waals surface area contributed by atoms with E-state index in [0.717, 1.165) is 116 Å². The van der Waals surface area contributed by atoms with Gasteiger partial charge in [-0.2, -0.15) is 0 Å². The first-order chi connectivity index (χ1) is 38.5. The van der Waals surface area contributed by atoms with E-state index in [0.29, 0.717) is 19.3 Å². The van der Waals surface area contributed by atoms with Crippen molar-refractivity contribution in [2.45, 2.75) is 316 Å². The fourth-order valence-electron chi connectivity index (χ4n) is 9.10. The van der Waals surface area contributed by atoms with Gasteiger partial charge in [-0.05, 0) is 109 Å². The Morgan fingerprint density at radius 1 is 0.269 bits per heavy atom. The van der Waals surface area contributed by atoms with Crippen molar-refractivity contribution in [3.63, 3.8) is 0 Å². The molecule has 0 radical (unpaired) electrons. The molecule has 0 spiro atoms. The van der Waals surface area contributed by atoms with Crippen LogP contribution in [0.1, 0.15) is 310 Å². The number of hydrogen-bond acceptors (Lipinski definition) is 6. The van der Waals surface area contributed by atoms with E-state index in [4.69, 9.17) is 14.2 Å². The Kier molecular flexibility index (Phi) is 62.3. The highest BCUT2D eigenvalue weighted by Crippen LogP contribution is 2.16. The number of ether oxygens (including phenoxy) is 3. The van der Waals surface area contributed by atoms with Crippen LogP contribution in [0.25, 0.3) is 0 Å². The first-order valence-corrected chi connectivity index (χ1v) is 32.9. The number of carbonyl (C=O) groups excluding carboxylic acids is 3. The molecule has 0 aromatic carbocycles. The molecule has 1 atom stereocenters. The van der Waals surface area contributed by atoms with Crippen LogP contribution < -0.4 is 0 Å². The molecule has 0 saturated carbocycles. The number of allylic oxidation sites excluding steroid dienone is 18. The molecular formula is C72H122O6. The third-order valence-corrected chi connectivity index (χ3v) is 14.0. The van der Waals surface area contributed by atoms with Gasteiger partial charge in [0.1, 0.15) is 13.2 Å². The Balaban J connectivity index is 4.07. The van der Waals surface area contributed by atoms with Gasteiger partial charge in [-0.15, -0.1) is 0 Å². The summed E-state index contributed by atoms with van der Waals surface area (Å²) in [6.07, 6.45) is 89.8. The summed E-state index contributed by atoms with van der Waals surface area (Å²) >= 11 is 0. The summed E-state index contributed by atoms with van der Waals surface area (Å²) in [5, 5.41) is 0. The third kappa shape index (κ3) is 62.9. The van der Waals surface area contributed by atoms with Gasteiger partial charge in [0.15, 0.2) is 6.10 Å². The van der Waals surface area contributed by atoms with Crippen LogP contribution in [0.15, 0.2) is 109 Å². The zero-order chi connectivity index (χ0) is 56.4. The van der Waals surface area contributed by atoms with E-state index < -0.39 is 6.10 Å². The highest BCUT2D eigenvalue weighted by atomic mass is 16.6. The van der Waals surface area contributed by atoms with Crippen LogP contribution >= 0.6 is 0 Å². The topological polar surface area (TPSA) is 78.9 Å². The predicted molar refractivity (Wildman–Crippen MR) is 339 cm³/mol. The second-order valence-corrected chi connectivity index (χ2v) is 21.6. The van der Waals surface area contributed by atoms with E-state index in [2.05, 4.69) is 130 Å². The Morgan fingerprint density at radius 3 is 0.795 bits per heavy atom. The first-order valence-electron chi connectivity index (χ1n) is 32.9. The molecule has 0 bridgehead atoms. The second-order valence-electron chi connectivity index (χ2n) is 21.6. The van der Waals surface area contributed by atoms with Gasteiger partial charge in [-0.1, -0.05) is 291 Å².